The van der Waals surface area contributed by atoms with E-state index in [0.29, 0.717) is 30.7 Å². The number of hydrogen-bond donors (Lipinski definition) is 1. The summed E-state index contributed by atoms with van der Waals surface area (Å²) in [5, 5.41) is 9.49. The van der Waals surface area contributed by atoms with Gasteiger partial charge in [-0.25, -0.2) is 4.98 Å². The summed E-state index contributed by atoms with van der Waals surface area (Å²) in [6.45, 7) is 8.78. The van der Waals surface area contributed by atoms with Gasteiger partial charge in [-0.05, 0) is 62.8 Å². The zero-order chi connectivity index (χ0) is 22.0. The lowest BCUT2D eigenvalue weighted by atomic mass is 9.91. The minimum Gasteiger partial charge on any atom is -0.481 e. The number of aryl methyl sites for hydroxylation is 4. The number of benzene rings is 1. The van der Waals surface area contributed by atoms with Crippen molar-refractivity contribution < 1.29 is 9.90 Å². The van der Waals surface area contributed by atoms with Gasteiger partial charge in [-0.2, -0.15) is 0 Å². The summed E-state index contributed by atoms with van der Waals surface area (Å²) in [5.74, 6) is 0.165. The third kappa shape index (κ3) is 5.37. The molecular weight excluding hydrogens is 414 g/mol. The van der Waals surface area contributed by atoms with Crippen LogP contribution in [0.3, 0.4) is 0 Å². The lowest BCUT2D eigenvalue weighted by Gasteiger charge is -2.14. The molecule has 2 heterocycles. The fourth-order valence-corrected chi connectivity index (χ4v) is 4.12. The number of fused-ring (bicyclic) bond motifs is 1. The molecule has 0 saturated carbocycles. The highest BCUT2D eigenvalue weighted by Crippen LogP contribution is 2.27. The van der Waals surface area contributed by atoms with Crippen LogP contribution in [0.1, 0.15) is 44.7 Å². The number of imidazole rings is 1. The second-order valence-electron chi connectivity index (χ2n) is 8.53. The maximum atomic E-state index is 12.1. The Hall–Kier alpha value is -2.60. The Balaban J connectivity index is 0.00000341. The van der Waals surface area contributed by atoms with Crippen molar-refractivity contribution in [3.05, 3.63) is 51.9 Å². The minimum atomic E-state index is -0.715. The zero-order valence-corrected chi connectivity index (χ0v) is 19.7. The summed E-state index contributed by atoms with van der Waals surface area (Å²) in [7, 11) is 1.76. The molecular formula is C24H32ClN3O3. The van der Waals surface area contributed by atoms with Gasteiger partial charge in [-0.3, -0.25) is 9.59 Å². The first-order chi connectivity index (χ1) is 14.2. The smallest absolute Gasteiger partial charge is 0.306 e. The third-order valence-electron chi connectivity index (χ3n) is 5.64. The predicted molar refractivity (Wildman–Crippen MR) is 127 cm³/mol. The predicted octanol–water partition coefficient (Wildman–Crippen LogP) is 4.83. The van der Waals surface area contributed by atoms with Gasteiger partial charge in [-0.15, -0.1) is 12.4 Å². The fraction of sp³-hybridized carbons (Fsp3) is 0.458. The molecule has 0 aliphatic heterocycles. The van der Waals surface area contributed by atoms with Gasteiger partial charge in [0.25, 0.3) is 5.56 Å². The molecule has 0 fully saturated rings. The average molecular weight is 446 g/mol. The number of pyridine rings is 1. The molecule has 0 saturated heterocycles. The molecule has 3 aromatic rings. The Labute approximate surface area is 189 Å². The summed E-state index contributed by atoms with van der Waals surface area (Å²) >= 11 is 0. The molecule has 0 aliphatic rings. The molecule has 0 bridgehead atoms. The second-order valence-corrected chi connectivity index (χ2v) is 8.53. The van der Waals surface area contributed by atoms with E-state index < -0.39 is 5.97 Å². The lowest BCUT2D eigenvalue weighted by molar-refractivity contribution is -0.142. The normalized spacial score (nSPS) is 12.2. The van der Waals surface area contributed by atoms with E-state index in [-0.39, 0.29) is 23.9 Å². The van der Waals surface area contributed by atoms with Crippen LogP contribution >= 0.6 is 12.4 Å². The van der Waals surface area contributed by atoms with Crippen LogP contribution < -0.4 is 5.56 Å². The highest BCUT2D eigenvalue weighted by atomic mass is 35.5. The van der Waals surface area contributed by atoms with E-state index in [4.69, 9.17) is 4.98 Å². The quantitative estimate of drug-likeness (QED) is 0.538. The van der Waals surface area contributed by atoms with E-state index in [9.17, 15) is 14.7 Å². The average Bonchev–Trinajstić information content (AvgIpc) is 3.06. The van der Waals surface area contributed by atoms with Gasteiger partial charge in [0.15, 0.2) is 0 Å². The maximum Gasteiger partial charge on any atom is 0.306 e. The summed E-state index contributed by atoms with van der Waals surface area (Å²) in [6, 6.07) is 8.09. The van der Waals surface area contributed by atoms with Crippen LogP contribution in [0.5, 0.6) is 0 Å². The number of carboxylic acids is 1. The molecule has 1 N–H and O–H groups in total. The van der Waals surface area contributed by atoms with Crippen molar-refractivity contribution in [3.63, 3.8) is 0 Å². The number of aliphatic carboxylic acids is 1. The molecule has 0 amide bonds. The number of carboxylic acid groups (broad SMARTS) is 1. The first kappa shape index (κ1) is 24.7. The van der Waals surface area contributed by atoms with Gasteiger partial charge in [0.2, 0.25) is 0 Å². The number of aromatic nitrogens is 3. The molecule has 31 heavy (non-hydrogen) atoms. The van der Waals surface area contributed by atoms with E-state index in [1.807, 2.05) is 19.2 Å². The van der Waals surface area contributed by atoms with Gasteiger partial charge in [0.1, 0.15) is 5.82 Å². The molecule has 6 nitrogen and oxygen atoms in total. The highest BCUT2D eigenvalue weighted by molar-refractivity contribution is 5.85. The summed E-state index contributed by atoms with van der Waals surface area (Å²) < 4.78 is 3.74. The van der Waals surface area contributed by atoms with Gasteiger partial charge in [0, 0.05) is 30.9 Å². The largest absolute Gasteiger partial charge is 0.481 e. The van der Waals surface area contributed by atoms with E-state index in [0.717, 1.165) is 34.5 Å². The maximum absolute atomic E-state index is 12.1. The standard InChI is InChI=1S/C24H31N3O3.ClH/c1-6-27-21-10-8-17(7-9-18(24(29)30)11-15(2)3)13-20(21)25-22(27)19-12-16(4)23(28)26(5)14-19;/h8,10,12-15,18H,6-7,9,11H2,1-5H3,(H,29,30);1H/t18-;/m0./s1. The first-order valence-electron chi connectivity index (χ1n) is 10.6. The molecule has 168 valence electrons. The number of rotatable bonds is 8. The molecule has 1 aromatic carbocycles. The minimum absolute atomic E-state index is 0. The highest BCUT2D eigenvalue weighted by Gasteiger charge is 2.19. The Morgan fingerprint density at radius 1 is 1.23 bits per heavy atom. The van der Waals surface area contributed by atoms with E-state index in [1.165, 1.54) is 0 Å². The van der Waals surface area contributed by atoms with Crippen molar-refractivity contribution in [2.24, 2.45) is 18.9 Å². The lowest BCUT2D eigenvalue weighted by Crippen LogP contribution is -2.18. The first-order valence-corrected chi connectivity index (χ1v) is 10.6. The Kier molecular flexibility index (Phi) is 8.07. The summed E-state index contributed by atoms with van der Waals surface area (Å²) in [6.07, 6.45) is 3.86. The summed E-state index contributed by atoms with van der Waals surface area (Å²) in [5.41, 5.74) is 4.63. The van der Waals surface area contributed by atoms with Gasteiger partial charge in [-0.1, -0.05) is 19.9 Å². The van der Waals surface area contributed by atoms with Crippen LogP contribution in [0, 0.1) is 18.8 Å². The van der Waals surface area contributed by atoms with E-state index >= 15 is 0 Å². The van der Waals surface area contributed by atoms with Gasteiger partial charge < -0.3 is 14.2 Å². The number of carbonyl (C=O) groups is 1. The van der Waals surface area contributed by atoms with Crippen LogP contribution in [0.25, 0.3) is 22.4 Å². The van der Waals surface area contributed by atoms with Crippen LogP contribution in [0.2, 0.25) is 0 Å². The Bertz CT molecular complexity index is 1100. The van der Waals surface area contributed by atoms with Crippen molar-refractivity contribution >= 4 is 29.4 Å². The molecule has 0 aliphatic carbocycles. The Morgan fingerprint density at radius 2 is 1.94 bits per heavy atom. The van der Waals surface area contributed by atoms with Gasteiger partial charge in [0.05, 0.1) is 17.0 Å². The van der Waals surface area contributed by atoms with E-state index in [2.05, 4.69) is 43.5 Å². The van der Waals surface area contributed by atoms with Crippen molar-refractivity contribution in [3.8, 4) is 11.4 Å². The summed E-state index contributed by atoms with van der Waals surface area (Å²) in [4.78, 5) is 28.5. The monoisotopic (exact) mass is 445 g/mol. The molecule has 0 unspecified atom stereocenters. The van der Waals surface area contributed by atoms with Crippen LogP contribution in [-0.2, 0) is 24.8 Å². The molecule has 1 atom stereocenters. The number of nitrogens with zero attached hydrogens (tertiary/aromatic N) is 3. The second kappa shape index (κ2) is 10.1. The van der Waals surface area contributed by atoms with Crippen LogP contribution in [-0.4, -0.2) is 25.2 Å². The van der Waals surface area contributed by atoms with Crippen molar-refractivity contribution in [2.75, 3.05) is 0 Å². The van der Waals surface area contributed by atoms with Crippen molar-refractivity contribution in [1.82, 2.24) is 14.1 Å². The van der Waals surface area contributed by atoms with Crippen molar-refractivity contribution in [2.45, 2.75) is 53.5 Å². The fourth-order valence-electron chi connectivity index (χ4n) is 4.12. The zero-order valence-electron chi connectivity index (χ0n) is 18.9. The van der Waals surface area contributed by atoms with Crippen LogP contribution in [0.4, 0.5) is 0 Å². The van der Waals surface area contributed by atoms with Gasteiger partial charge >= 0.3 is 5.97 Å². The molecule has 0 radical (unpaired) electrons. The topological polar surface area (TPSA) is 77.1 Å². The SMILES string of the molecule is CCn1c(-c2cc(C)c(=O)n(C)c2)nc2cc(CC[C@@H](CC(C)C)C(=O)O)ccc21.Cl. The third-order valence-corrected chi connectivity index (χ3v) is 5.64. The number of halogens is 1. The molecule has 0 spiro atoms. The van der Waals surface area contributed by atoms with Crippen LogP contribution in [0.15, 0.2) is 35.3 Å². The number of hydrogen-bond acceptors (Lipinski definition) is 3. The molecule has 2 aromatic heterocycles. The molecule has 7 heteroatoms. The Morgan fingerprint density at radius 3 is 2.52 bits per heavy atom. The van der Waals surface area contributed by atoms with E-state index in [1.54, 1.807) is 11.6 Å². The molecule has 3 rings (SSSR count). The van der Waals surface area contributed by atoms with Crippen molar-refractivity contribution in [1.29, 1.82) is 0 Å².